The summed E-state index contributed by atoms with van der Waals surface area (Å²) in [5.74, 6) is -1.92. The molecule has 0 saturated heterocycles. The lowest BCUT2D eigenvalue weighted by Crippen LogP contribution is -2.19. The first-order valence-electron chi connectivity index (χ1n) is 4.89. The number of fused-ring (bicyclic) bond motifs is 1. The Morgan fingerprint density at radius 3 is 2.93 bits per heavy atom. The molecule has 1 aromatic carbocycles. The van der Waals surface area contributed by atoms with Crippen LogP contribution < -0.4 is 10.1 Å². The molecular formula is C11H13F2NO. The second-order valence-electron chi connectivity index (χ2n) is 3.73. The Kier molecular flexibility index (Phi) is 2.50. The van der Waals surface area contributed by atoms with Crippen LogP contribution in [0.5, 0.6) is 5.75 Å². The largest absolute Gasteiger partial charge is 0.497 e. The first-order valence-corrected chi connectivity index (χ1v) is 4.89. The smallest absolute Gasteiger partial charge is 0.253 e. The minimum absolute atomic E-state index is 0.121. The Bertz CT molecular complexity index is 366. The summed E-state index contributed by atoms with van der Waals surface area (Å²) in [5.41, 5.74) is 1.41. The monoisotopic (exact) mass is 213 g/mol. The molecule has 82 valence electrons. The van der Waals surface area contributed by atoms with E-state index in [9.17, 15) is 8.78 Å². The molecule has 1 heterocycles. The third-order valence-electron chi connectivity index (χ3n) is 2.57. The van der Waals surface area contributed by atoms with E-state index in [0.29, 0.717) is 17.9 Å². The van der Waals surface area contributed by atoms with Crippen molar-refractivity contribution in [2.75, 3.05) is 19.0 Å². The van der Waals surface area contributed by atoms with Crippen LogP contribution in [0.2, 0.25) is 0 Å². The van der Waals surface area contributed by atoms with Crippen molar-refractivity contribution in [3.63, 3.8) is 0 Å². The van der Waals surface area contributed by atoms with Gasteiger partial charge >= 0.3 is 0 Å². The minimum Gasteiger partial charge on any atom is -0.497 e. The fraction of sp³-hybridized carbons (Fsp3) is 0.455. The molecule has 0 atom stereocenters. The molecule has 0 aromatic heterocycles. The van der Waals surface area contributed by atoms with Crippen LogP contribution in [-0.4, -0.2) is 19.6 Å². The van der Waals surface area contributed by atoms with Gasteiger partial charge in [-0.2, -0.15) is 0 Å². The van der Waals surface area contributed by atoms with Crippen LogP contribution in [0.3, 0.4) is 0 Å². The molecule has 2 rings (SSSR count). The molecule has 0 spiro atoms. The van der Waals surface area contributed by atoms with E-state index in [2.05, 4.69) is 5.32 Å². The predicted molar refractivity (Wildman–Crippen MR) is 54.8 cm³/mol. The zero-order valence-electron chi connectivity index (χ0n) is 8.52. The Labute approximate surface area is 87.2 Å². The normalized spacial score (nSPS) is 18.6. The van der Waals surface area contributed by atoms with Crippen LogP contribution in [0.1, 0.15) is 12.0 Å². The molecule has 0 unspecified atom stereocenters. The zero-order chi connectivity index (χ0) is 10.9. The molecule has 0 radical (unpaired) electrons. The Balaban J connectivity index is 2.34. The van der Waals surface area contributed by atoms with Crippen LogP contribution in [0, 0.1) is 0 Å². The SMILES string of the molecule is COc1ccc2c(c1)NCCC(F)(F)C2. The average molecular weight is 213 g/mol. The van der Waals surface area contributed by atoms with E-state index in [1.54, 1.807) is 25.3 Å². The second kappa shape index (κ2) is 3.68. The van der Waals surface area contributed by atoms with E-state index in [1.807, 2.05) is 0 Å². The quantitative estimate of drug-likeness (QED) is 0.774. The van der Waals surface area contributed by atoms with Crippen molar-refractivity contribution in [2.45, 2.75) is 18.8 Å². The fourth-order valence-electron chi connectivity index (χ4n) is 1.75. The summed E-state index contributed by atoms with van der Waals surface area (Å²) in [6.45, 7) is 0.299. The van der Waals surface area contributed by atoms with Crippen molar-refractivity contribution < 1.29 is 13.5 Å². The lowest BCUT2D eigenvalue weighted by molar-refractivity contribution is -0.00195. The van der Waals surface area contributed by atoms with Crippen molar-refractivity contribution in [1.29, 1.82) is 0 Å². The zero-order valence-corrected chi connectivity index (χ0v) is 8.52. The molecule has 0 amide bonds. The van der Waals surface area contributed by atoms with E-state index < -0.39 is 5.92 Å². The van der Waals surface area contributed by atoms with E-state index in [0.717, 1.165) is 5.69 Å². The summed E-state index contributed by atoms with van der Waals surface area (Å²) in [4.78, 5) is 0. The minimum atomic E-state index is -2.60. The van der Waals surface area contributed by atoms with Gasteiger partial charge in [0.15, 0.2) is 0 Å². The number of hydrogen-bond donors (Lipinski definition) is 1. The second-order valence-corrected chi connectivity index (χ2v) is 3.73. The van der Waals surface area contributed by atoms with E-state index in [-0.39, 0.29) is 12.8 Å². The maximum atomic E-state index is 13.3. The summed E-state index contributed by atoms with van der Waals surface area (Å²) >= 11 is 0. The van der Waals surface area contributed by atoms with Crippen molar-refractivity contribution >= 4 is 5.69 Å². The topological polar surface area (TPSA) is 21.3 Å². The van der Waals surface area contributed by atoms with Gasteiger partial charge in [0.05, 0.1) is 7.11 Å². The van der Waals surface area contributed by atoms with Crippen molar-refractivity contribution in [3.8, 4) is 5.75 Å². The van der Waals surface area contributed by atoms with Crippen LogP contribution in [0.4, 0.5) is 14.5 Å². The maximum absolute atomic E-state index is 13.3. The molecule has 1 aliphatic rings. The molecule has 4 heteroatoms. The highest BCUT2D eigenvalue weighted by Crippen LogP contribution is 2.32. The highest BCUT2D eigenvalue weighted by molar-refractivity contribution is 5.56. The number of ether oxygens (including phenoxy) is 1. The van der Waals surface area contributed by atoms with Crippen molar-refractivity contribution in [2.24, 2.45) is 0 Å². The van der Waals surface area contributed by atoms with Crippen LogP contribution in [0.15, 0.2) is 18.2 Å². The van der Waals surface area contributed by atoms with Crippen LogP contribution >= 0.6 is 0 Å². The number of methoxy groups -OCH3 is 1. The van der Waals surface area contributed by atoms with Gasteiger partial charge in [-0.1, -0.05) is 6.07 Å². The standard InChI is InChI=1S/C11H13F2NO/c1-15-9-3-2-8-7-11(12,13)4-5-14-10(8)6-9/h2-3,6,14H,4-5,7H2,1H3. The molecule has 15 heavy (non-hydrogen) atoms. The first-order chi connectivity index (χ1) is 7.11. The van der Waals surface area contributed by atoms with Gasteiger partial charge in [-0.25, -0.2) is 8.78 Å². The number of rotatable bonds is 1. The predicted octanol–water partition coefficient (Wildman–Crippen LogP) is 2.69. The fourth-order valence-corrected chi connectivity index (χ4v) is 1.75. The molecule has 1 aromatic rings. The molecule has 1 N–H and O–H groups in total. The lowest BCUT2D eigenvalue weighted by atomic mass is 10.1. The van der Waals surface area contributed by atoms with Gasteiger partial charge in [-0.05, 0) is 11.6 Å². The number of hydrogen-bond acceptors (Lipinski definition) is 2. The maximum Gasteiger partial charge on any atom is 0.253 e. The summed E-state index contributed by atoms with van der Waals surface area (Å²) in [5, 5.41) is 3.00. The number of halogens is 2. The van der Waals surface area contributed by atoms with Crippen molar-refractivity contribution in [3.05, 3.63) is 23.8 Å². The number of nitrogens with one attached hydrogen (secondary N) is 1. The first kappa shape index (κ1) is 10.2. The molecule has 0 fully saturated rings. The summed E-state index contributed by atoms with van der Waals surface area (Å²) < 4.78 is 31.6. The molecule has 0 saturated carbocycles. The van der Waals surface area contributed by atoms with Gasteiger partial charge in [0.1, 0.15) is 5.75 Å². The lowest BCUT2D eigenvalue weighted by Gasteiger charge is -2.12. The van der Waals surface area contributed by atoms with Crippen LogP contribution in [0.25, 0.3) is 0 Å². The highest BCUT2D eigenvalue weighted by atomic mass is 19.3. The van der Waals surface area contributed by atoms with Gasteiger partial charge in [0.25, 0.3) is 5.92 Å². The van der Waals surface area contributed by atoms with Gasteiger partial charge in [-0.3, -0.25) is 0 Å². The number of alkyl halides is 2. The Hall–Kier alpha value is -1.32. The van der Waals surface area contributed by atoms with E-state index in [1.165, 1.54) is 0 Å². The third-order valence-corrected chi connectivity index (χ3v) is 2.57. The Morgan fingerprint density at radius 1 is 1.40 bits per heavy atom. The molecule has 0 bridgehead atoms. The summed E-state index contributed by atoms with van der Waals surface area (Å²) in [6.07, 6.45) is -0.316. The molecule has 2 nitrogen and oxygen atoms in total. The van der Waals surface area contributed by atoms with Crippen LogP contribution in [-0.2, 0) is 6.42 Å². The number of benzene rings is 1. The van der Waals surface area contributed by atoms with Gasteiger partial charge in [-0.15, -0.1) is 0 Å². The van der Waals surface area contributed by atoms with Gasteiger partial charge in [0.2, 0.25) is 0 Å². The van der Waals surface area contributed by atoms with Gasteiger partial charge in [0, 0.05) is 31.1 Å². The van der Waals surface area contributed by atoms with Crippen molar-refractivity contribution in [1.82, 2.24) is 0 Å². The number of anilines is 1. The highest BCUT2D eigenvalue weighted by Gasteiger charge is 2.31. The summed E-state index contributed by atoms with van der Waals surface area (Å²) in [6, 6.07) is 5.17. The van der Waals surface area contributed by atoms with E-state index in [4.69, 9.17) is 4.74 Å². The molecule has 0 aliphatic carbocycles. The molecule has 1 aliphatic heterocycles. The third kappa shape index (κ3) is 2.19. The molecular weight excluding hydrogens is 200 g/mol. The average Bonchev–Trinajstić information content (AvgIpc) is 2.33. The summed E-state index contributed by atoms with van der Waals surface area (Å²) in [7, 11) is 1.56. The van der Waals surface area contributed by atoms with Gasteiger partial charge < -0.3 is 10.1 Å². The van der Waals surface area contributed by atoms with E-state index >= 15 is 0 Å². The Morgan fingerprint density at radius 2 is 2.20 bits per heavy atom.